The summed E-state index contributed by atoms with van der Waals surface area (Å²) < 4.78 is 10.5. The number of hydrogen-bond acceptors (Lipinski definition) is 6. The van der Waals surface area contributed by atoms with Crippen molar-refractivity contribution in [1.82, 2.24) is 0 Å². The van der Waals surface area contributed by atoms with Gasteiger partial charge >= 0.3 is 0 Å². The highest BCUT2D eigenvalue weighted by atomic mass is 127. The molecule has 1 saturated carbocycles. The Morgan fingerprint density at radius 3 is 2.40 bits per heavy atom. The van der Waals surface area contributed by atoms with Gasteiger partial charge in [0.05, 0.1) is 30.7 Å². The van der Waals surface area contributed by atoms with Crippen LogP contribution in [0.3, 0.4) is 0 Å². The van der Waals surface area contributed by atoms with Crippen LogP contribution in [0.25, 0.3) is 0 Å². The molecule has 1 aliphatic carbocycles. The van der Waals surface area contributed by atoms with Crippen LogP contribution >= 0.6 is 22.6 Å². The van der Waals surface area contributed by atoms with Gasteiger partial charge in [-0.2, -0.15) is 0 Å². The van der Waals surface area contributed by atoms with Gasteiger partial charge < -0.3 is 29.9 Å². The number of benzene rings is 1. The van der Waals surface area contributed by atoms with Crippen LogP contribution in [0.5, 0.6) is 11.5 Å². The molecule has 1 saturated heterocycles. The van der Waals surface area contributed by atoms with Gasteiger partial charge in [-0.15, -0.1) is 0 Å². The number of hydrogen-bond donors (Lipinski definition) is 4. The first-order valence-corrected chi connectivity index (χ1v) is 7.50. The van der Waals surface area contributed by atoms with Crippen molar-refractivity contribution < 1.29 is 29.9 Å². The lowest BCUT2D eigenvalue weighted by atomic mass is 9.91. The van der Waals surface area contributed by atoms with Gasteiger partial charge in [-0.1, -0.05) is 22.6 Å². The summed E-state index contributed by atoms with van der Waals surface area (Å²) in [5.74, 6) is -2.14. The van der Waals surface area contributed by atoms with E-state index in [0.29, 0.717) is 5.75 Å². The van der Waals surface area contributed by atoms with E-state index in [9.17, 15) is 20.4 Å². The maximum atomic E-state index is 10.4. The average Bonchev–Trinajstić information content (AvgIpc) is 2.53. The molecular weight excluding hydrogens is 379 g/mol. The average molecular weight is 394 g/mol. The molecule has 0 spiro atoms. The van der Waals surface area contributed by atoms with Crippen molar-refractivity contribution in [1.29, 1.82) is 0 Å². The lowest BCUT2D eigenvalue weighted by Crippen LogP contribution is -2.60. The minimum absolute atomic E-state index is 0.0133. The number of ether oxygens (including phenoxy) is 2. The highest BCUT2D eigenvalue weighted by molar-refractivity contribution is 14.1. The van der Waals surface area contributed by atoms with Crippen LogP contribution in [0.4, 0.5) is 0 Å². The van der Waals surface area contributed by atoms with E-state index in [0.717, 1.165) is 0 Å². The first-order chi connectivity index (χ1) is 9.43. The van der Waals surface area contributed by atoms with Gasteiger partial charge in [0, 0.05) is 0 Å². The third-order valence-electron chi connectivity index (χ3n) is 3.99. The number of fused-ring (bicyclic) bond motifs is 1. The van der Waals surface area contributed by atoms with Gasteiger partial charge in [-0.3, -0.25) is 0 Å². The summed E-state index contributed by atoms with van der Waals surface area (Å²) >= 11 is 1.98. The second-order valence-electron chi connectivity index (χ2n) is 5.14. The second kappa shape index (κ2) is 4.99. The quantitative estimate of drug-likeness (QED) is 0.433. The molecule has 2 aliphatic rings. The predicted octanol–water partition coefficient (Wildman–Crippen LogP) is 0.219. The van der Waals surface area contributed by atoms with Crippen LogP contribution in [-0.4, -0.2) is 49.1 Å². The molecule has 6 nitrogen and oxygen atoms in total. The molecule has 110 valence electrons. The van der Waals surface area contributed by atoms with Gasteiger partial charge in [-0.05, 0) is 24.3 Å². The Morgan fingerprint density at radius 2 is 1.85 bits per heavy atom. The standard InChI is InChI=1S/C13H15IO6/c14-12-9-11(17)10(16)8(13(9,18)20-12)5-19-7-3-1-6(15)2-4-7/h1-4,8-12,15-18H,5H2/t8?,9?,10-,11?,12+,13?/m1/s1. The third-order valence-corrected chi connectivity index (χ3v) is 5.02. The molecule has 0 amide bonds. The monoisotopic (exact) mass is 394 g/mol. The summed E-state index contributed by atoms with van der Waals surface area (Å²) in [5.41, 5.74) is 0. The van der Waals surface area contributed by atoms with Crippen molar-refractivity contribution in [2.24, 2.45) is 11.8 Å². The lowest BCUT2D eigenvalue weighted by Gasteiger charge is -2.47. The van der Waals surface area contributed by atoms with Crippen molar-refractivity contribution in [2.75, 3.05) is 6.61 Å². The van der Waals surface area contributed by atoms with Crippen LogP contribution in [0.15, 0.2) is 24.3 Å². The van der Waals surface area contributed by atoms with E-state index in [1.165, 1.54) is 12.1 Å². The van der Waals surface area contributed by atoms with E-state index < -0.39 is 29.8 Å². The van der Waals surface area contributed by atoms with Crippen LogP contribution < -0.4 is 4.74 Å². The zero-order chi connectivity index (χ0) is 14.5. The molecule has 6 atom stereocenters. The van der Waals surface area contributed by atoms with Crippen molar-refractivity contribution in [3.05, 3.63) is 24.3 Å². The van der Waals surface area contributed by atoms with Crippen LogP contribution in [-0.2, 0) is 4.74 Å². The Kier molecular flexibility index (Phi) is 3.57. The zero-order valence-electron chi connectivity index (χ0n) is 10.4. The smallest absolute Gasteiger partial charge is 0.184 e. The summed E-state index contributed by atoms with van der Waals surface area (Å²) in [5, 5.41) is 39.5. The molecule has 20 heavy (non-hydrogen) atoms. The molecule has 1 aliphatic heterocycles. The molecular formula is C13H15IO6. The fraction of sp³-hybridized carbons (Fsp3) is 0.538. The van der Waals surface area contributed by atoms with Crippen LogP contribution in [0, 0.1) is 11.8 Å². The Labute approximate surface area is 129 Å². The highest BCUT2D eigenvalue weighted by Crippen LogP contribution is 2.54. The van der Waals surface area contributed by atoms with Crippen LogP contribution in [0.1, 0.15) is 0 Å². The topological polar surface area (TPSA) is 99.4 Å². The summed E-state index contributed by atoms with van der Waals surface area (Å²) in [7, 11) is 0. The largest absolute Gasteiger partial charge is 0.508 e. The molecule has 2 fully saturated rings. The molecule has 7 heteroatoms. The first kappa shape index (κ1) is 14.3. The van der Waals surface area contributed by atoms with E-state index in [2.05, 4.69) is 0 Å². The van der Waals surface area contributed by atoms with Gasteiger partial charge in [0.25, 0.3) is 0 Å². The van der Waals surface area contributed by atoms with E-state index >= 15 is 0 Å². The van der Waals surface area contributed by atoms with Crippen molar-refractivity contribution in [3.63, 3.8) is 0 Å². The number of halogens is 1. The number of aliphatic hydroxyl groups excluding tert-OH is 2. The highest BCUT2D eigenvalue weighted by Gasteiger charge is 2.70. The van der Waals surface area contributed by atoms with Crippen LogP contribution in [0.2, 0.25) is 0 Å². The number of rotatable bonds is 3. The summed E-state index contributed by atoms with van der Waals surface area (Å²) in [6, 6.07) is 6.12. The first-order valence-electron chi connectivity index (χ1n) is 6.25. The third kappa shape index (κ3) is 2.08. The SMILES string of the molecule is Oc1ccc(OCC2[C@@H](O)C(O)C3[C@@H](I)OC23O)cc1. The molecule has 1 heterocycles. The fourth-order valence-electron chi connectivity index (χ4n) is 2.82. The normalized spacial score (nSPS) is 42.9. The number of alkyl halides is 1. The van der Waals surface area contributed by atoms with E-state index in [1.807, 2.05) is 22.6 Å². The summed E-state index contributed by atoms with van der Waals surface area (Å²) in [6.45, 7) is 0.0133. The Hall–Kier alpha value is -0.610. The minimum Gasteiger partial charge on any atom is -0.508 e. The molecule has 0 aromatic heterocycles. The van der Waals surface area contributed by atoms with Crippen molar-refractivity contribution >= 4 is 22.6 Å². The molecule has 3 rings (SSSR count). The number of aromatic hydroxyl groups is 1. The molecule has 4 unspecified atom stereocenters. The minimum atomic E-state index is -1.54. The Bertz CT molecular complexity index is 494. The van der Waals surface area contributed by atoms with E-state index in [1.54, 1.807) is 12.1 Å². The second-order valence-corrected chi connectivity index (χ2v) is 6.37. The maximum absolute atomic E-state index is 10.4. The van der Waals surface area contributed by atoms with Crippen molar-refractivity contribution in [2.45, 2.75) is 22.1 Å². The van der Waals surface area contributed by atoms with Gasteiger partial charge in [0.1, 0.15) is 15.6 Å². The van der Waals surface area contributed by atoms with Gasteiger partial charge in [0.15, 0.2) is 5.79 Å². The van der Waals surface area contributed by atoms with Gasteiger partial charge in [0.2, 0.25) is 0 Å². The number of phenols is 1. The molecule has 0 radical (unpaired) electrons. The zero-order valence-corrected chi connectivity index (χ0v) is 12.5. The number of aliphatic hydroxyl groups is 3. The predicted molar refractivity (Wildman–Crippen MR) is 76.4 cm³/mol. The summed E-state index contributed by atoms with van der Waals surface area (Å²) in [4.78, 5) is 0. The number of phenolic OH excluding ortho intramolecular Hbond substituents is 1. The maximum Gasteiger partial charge on any atom is 0.184 e. The fourth-order valence-corrected chi connectivity index (χ4v) is 4.17. The molecule has 1 aromatic carbocycles. The Morgan fingerprint density at radius 1 is 1.20 bits per heavy atom. The molecule has 1 aromatic rings. The lowest BCUT2D eigenvalue weighted by molar-refractivity contribution is -0.349. The molecule has 0 bridgehead atoms. The van der Waals surface area contributed by atoms with Crippen molar-refractivity contribution in [3.8, 4) is 11.5 Å². The summed E-state index contributed by atoms with van der Waals surface area (Å²) in [6.07, 6.45) is -2.12. The van der Waals surface area contributed by atoms with E-state index in [4.69, 9.17) is 9.47 Å². The van der Waals surface area contributed by atoms with Gasteiger partial charge in [-0.25, -0.2) is 0 Å². The molecule has 4 N–H and O–H groups in total. The van der Waals surface area contributed by atoms with E-state index in [-0.39, 0.29) is 16.5 Å². The Balaban J connectivity index is 1.69.